The molecule has 2 aliphatic rings. The van der Waals surface area contributed by atoms with Crippen molar-refractivity contribution in [2.75, 3.05) is 27.2 Å². The zero-order chi connectivity index (χ0) is 23.5. The number of aromatic nitrogens is 1. The van der Waals surface area contributed by atoms with Crippen LogP contribution in [0.5, 0.6) is 11.5 Å². The van der Waals surface area contributed by atoms with Crippen LogP contribution in [0.3, 0.4) is 0 Å². The molecule has 1 saturated heterocycles. The number of nitrogens with zero attached hydrogens (tertiary/aromatic N) is 2. The first-order valence-electron chi connectivity index (χ1n) is 10.8. The number of H-pyrrole nitrogens is 1. The Balaban J connectivity index is 1.77. The Morgan fingerprint density at radius 1 is 1.30 bits per heavy atom. The Bertz CT molecular complexity index is 1290. The second-order valence-electron chi connectivity index (χ2n) is 8.68. The van der Waals surface area contributed by atoms with Gasteiger partial charge in [0.15, 0.2) is 11.6 Å². The van der Waals surface area contributed by atoms with E-state index in [2.05, 4.69) is 10.3 Å². The minimum absolute atomic E-state index is 0.0373. The van der Waals surface area contributed by atoms with Gasteiger partial charge in [-0.1, -0.05) is 12.1 Å². The van der Waals surface area contributed by atoms with Crippen molar-refractivity contribution < 1.29 is 23.8 Å². The number of hydrogen-bond acceptors (Lipinski definition) is 5. The first kappa shape index (κ1) is 21.3. The van der Waals surface area contributed by atoms with Crippen LogP contribution in [0, 0.1) is 5.82 Å². The number of phenolic OH excluding ortho intramolecular Hbond substituents is 1. The summed E-state index contributed by atoms with van der Waals surface area (Å²) in [6, 6.07) is 8.73. The van der Waals surface area contributed by atoms with E-state index >= 15 is 4.39 Å². The number of carbonyl (C=O) groups is 2. The molecule has 3 heterocycles. The van der Waals surface area contributed by atoms with Gasteiger partial charge < -0.3 is 20.1 Å². The second-order valence-corrected chi connectivity index (χ2v) is 8.68. The molecule has 0 bridgehead atoms. The number of aromatic hydroxyl groups is 1. The molecule has 8 nitrogen and oxygen atoms in total. The number of amides is 3. The summed E-state index contributed by atoms with van der Waals surface area (Å²) in [4.78, 5) is 33.2. The van der Waals surface area contributed by atoms with Crippen molar-refractivity contribution in [3.8, 4) is 11.5 Å². The molecule has 0 radical (unpaired) electrons. The summed E-state index contributed by atoms with van der Waals surface area (Å²) < 4.78 is 20.6. The number of likely N-dealkylation sites (N-methyl/N-ethyl adjacent to an activating group) is 1. The quantitative estimate of drug-likeness (QED) is 0.517. The lowest BCUT2D eigenvalue weighted by Gasteiger charge is -2.42. The molecule has 0 spiro atoms. The van der Waals surface area contributed by atoms with Gasteiger partial charge in [-0.2, -0.15) is 0 Å². The maximum Gasteiger partial charge on any atom is 0.328 e. The molecule has 5 rings (SSSR count). The predicted octanol–water partition coefficient (Wildman–Crippen LogP) is 2.91. The van der Waals surface area contributed by atoms with Crippen LogP contribution in [0.2, 0.25) is 0 Å². The average molecular weight is 452 g/mol. The lowest BCUT2D eigenvalue weighted by Crippen LogP contribution is -2.53. The fraction of sp³-hybridized carbons (Fsp3) is 0.333. The van der Waals surface area contributed by atoms with Crippen LogP contribution in [0.25, 0.3) is 10.9 Å². The van der Waals surface area contributed by atoms with Crippen LogP contribution in [-0.2, 0) is 11.2 Å². The van der Waals surface area contributed by atoms with E-state index in [1.807, 2.05) is 0 Å². The monoisotopic (exact) mass is 452 g/mol. The Labute approximate surface area is 189 Å². The summed E-state index contributed by atoms with van der Waals surface area (Å²) in [5.41, 5.74) is 1.22. The number of carbonyl (C=O) groups excluding carboxylic acids is 2. The highest BCUT2D eigenvalue weighted by Crippen LogP contribution is 2.49. The van der Waals surface area contributed by atoms with E-state index in [1.54, 1.807) is 55.3 Å². The number of hydrogen-bond donors (Lipinski definition) is 3. The van der Waals surface area contributed by atoms with Gasteiger partial charge in [0.2, 0.25) is 0 Å². The molecule has 3 amide bonds. The van der Waals surface area contributed by atoms with E-state index in [1.165, 1.54) is 12.0 Å². The van der Waals surface area contributed by atoms with Crippen molar-refractivity contribution in [1.82, 2.24) is 20.1 Å². The number of ether oxygens (including phenoxy) is 1. The highest BCUT2D eigenvalue weighted by atomic mass is 19.1. The summed E-state index contributed by atoms with van der Waals surface area (Å²) in [6.45, 7) is 2.41. The number of halogens is 1. The molecule has 33 heavy (non-hydrogen) atoms. The van der Waals surface area contributed by atoms with Crippen molar-refractivity contribution in [3.63, 3.8) is 0 Å². The van der Waals surface area contributed by atoms with Gasteiger partial charge in [-0.15, -0.1) is 0 Å². The number of fused-ring (bicyclic) bond motifs is 4. The maximum atomic E-state index is 15.4. The van der Waals surface area contributed by atoms with Crippen molar-refractivity contribution in [3.05, 3.63) is 59.0 Å². The third kappa shape index (κ3) is 2.92. The lowest BCUT2D eigenvalue weighted by molar-refractivity contribution is -0.133. The molecular weight excluding hydrogens is 427 g/mol. The molecule has 2 aliphatic heterocycles. The van der Waals surface area contributed by atoms with E-state index in [-0.39, 0.29) is 30.4 Å². The Morgan fingerprint density at radius 3 is 2.79 bits per heavy atom. The standard InChI is InChI=1S/C24H25FN4O4/c1-24-12-15-18-16(7-8-17(33-3)19(18)25)27-20(15)21(13-5-4-6-14(30)11-13)29(24)23(32)28(22(24)31)10-9-26-2/h4-8,11,21,26-27,30H,9-10,12H2,1-3H3. The molecule has 3 aromatic rings. The van der Waals surface area contributed by atoms with Crippen LogP contribution in [0.1, 0.15) is 29.8 Å². The number of benzene rings is 2. The normalized spacial score (nSPS) is 22.1. The molecule has 1 aromatic heterocycles. The van der Waals surface area contributed by atoms with E-state index in [0.717, 1.165) is 0 Å². The number of nitrogens with one attached hydrogen (secondary N) is 2. The van der Waals surface area contributed by atoms with E-state index in [9.17, 15) is 14.7 Å². The first-order chi connectivity index (χ1) is 15.8. The average Bonchev–Trinajstić information content (AvgIpc) is 3.24. The molecule has 172 valence electrons. The van der Waals surface area contributed by atoms with Gasteiger partial charge in [0.1, 0.15) is 17.3 Å². The molecule has 0 saturated carbocycles. The predicted molar refractivity (Wildman–Crippen MR) is 120 cm³/mol. The molecular formula is C24H25FN4O4. The largest absolute Gasteiger partial charge is 0.508 e. The molecule has 2 atom stereocenters. The van der Waals surface area contributed by atoms with Gasteiger partial charge in [-0.25, -0.2) is 9.18 Å². The maximum absolute atomic E-state index is 15.4. The van der Waals surface area contributed by atoms with Crippen molar-refractivity contribution in [1.29, 1.82) is 0 Å². The van der Waals surface area contributed by atoms with E-state index in [0.29, 0.717) is 34.3 Å². The third-order valence-electron chi connectivity index (χ3n) is 6.72. The molecule has 3 N–H and O–H groups in total. The summed E-state index contributed by atoms with van der Waals surface area (Å²) in [7, 11) is 3.16. The van der Waals surface area contributed by atoms with Crippen LogP contribution < -0.4 is 10.1 Å². The van der Waals surface area contributed by atoms with E-state index < -0.39 is 23.4 Å². The van der Waals surface area contributed by atoms with Crippen molar-refractivity contribution in [2.24, 2.45) is 0 Å². The smallest absolute Gasteiger partial charge is 0.328 e. The van der Waals surface area contributed by atoms with Crippen LogP contribution >= 0.6 is 0 Å². The zero-order valence-corrected chi connectivity index (χ0v) is 18.6. The Hall–Kier alpha value is -3.59. The number of phenols is 1. The molecule has 9 heteroatoms. The first-order valence-corrected chi connectivity index (χ1v) is 10.8. The Morgan fingerprint density at radius 2 is 2.09 bits per heavy atom. The van der Waals surface area contributed by atoms with Gasteiger partial charge >= 0.3 is 6.03 Å². The minimum Gasteiger partial charge on any atom is -0.508 e. The second kappa shape index (κ2) is 7.48. The number of urea groups is 1. The summed E-state index contributed by atoms with van der Waals surface area (Å²) in [5, 5.41) is 13.5. The minimum atomic E-state index is -1.21. The highest BCUT2D eigenvalue weighted by molar-refractivity contribution is 6.08. The Kier molecular flexibility index (Phi) is 4.82. The molecule has 2 aromatic carbocycles. The van der Waals surface area contributed by atoms with Gasteiger partial charge in [-0.05, 0) is 49.4 Å². The van der Waals surface area contributed by atoms with Gasteiger partial charge in [0.25, 0.3) is 5.91 Å². The van der Waals surface area contributed by atoms with Crippen molar-refractivity contribution in [2.45, 2.75) is 24.9 Å². The van der Waals surface area contributed by atoms with Gasteiger partial charge in [0.05, 0.1) is 7.11 Å². The SMILES string of the molecule is CNCCN1C(=O)N2C(c3cccc(O)c3)c3[nH]c4ccc(OC)c(F)c4c3CC2(C)C1=O. The summed E-state index contributed by atoms with van der Waals surface area (Å²) in [5.74, 6) is -0.690. The summed E-state index contributed by atoms with van der Waals surface area (Å²) in [6.07, 6.45) is 0.155. The topological polar surface area (TPSA) is 97.9 Å². The molecule has 0 aliphatic carbocycles. The zero-order valence-electron chi connectivity index (χ0n) is 18.6. The number of methoxy groups -OCH3 is 1. The van der Waals surface area contributed by atoms with Gasteiger partial charge in [0, 0.05) is 36.1 Å². The van der Waals surface area contributed by atoms with E-state index in [4.69, 9.17) is 4.74 Å². The molecule has 1 fully saturated rings. The number of aromatic amines is 1. The fourth-order valence-electron chi connectivity index (χ4n) is 5.17. The lowest BCUT2D eigenvalue weighted by atomic mass is 9.81. The third-order valence-corrected chi connectivity index (χ3v) is 6.72. The fourth-order valence-corrected chi connectivity index (χ4v) is 5.17. The van der Waals surface area contributed by atoms with Crippen LogP contribution in [0.4, 0.5) is 9.18 Å². The number of imide groups is 1. The molecule has 2 unspecified atom stereocenters. The summed E-state index contributed by atoms with van der Waals surface area (Å²) >= 11 is 0. The number of rotatable bonds is 5. The van der Waals surface area contributed by atoms with Crippen LogP contribution in [-0.4, -0.2) is 64.6 Å². The van der Waals surface area contributed by atoms with Crippen LogP contribution in [0.15, 0.2) is 36.4 Å². The van der Waals surface area contributed by atoms with Gasteiger partial charge in [-0.3, -0.25) is 14.6 Å². The van der Waals surface area contributed by atoms with Crippen molar-refractivity contribution >= 4 is 22.8 Å². The highest BCUT2D eigenvalue weighted by Gasteiger charge is 2.60.